The van der Waals surface area contributed by atoms with Crippen LogP contribution in [0.5, 0.6) is 5.75 Å². The van der Waals surface area contributed by atoms with E-state index in [1.54, 1.807) is 11.0 Å². The van der Waals surface area contributed by atoms with Gasteiger partial charge in [-0.25, -0.2) is 4.98 Å². The molecule has 2 N–H and O–H groups in total. The fourth-order valence-corrected chi connectivity index (χ4v) is 3.07. The van der Waals surface area contributed by atoms with Gasteiger partial charge in [0.25, 0.3) is 5.95 Å². The molecule has 0 atom stereocenters. The van der Waals surface area contributed by atoms with Crippen molar-refractivity contribution in [1.29, 1.82) is 0 Å². The van der Waals surface area contributed by atoms with Crippen molar-refractivity contribution < 1.29 is 4.74 Å². The van der Waals surface area contributed by atoms with Crippen LogP contribution in [-0.4, -0.2) is 54.2 Å². The number of anilines is 2. The van der Waals surface area contributed by atoms with E-state index < -0.39 is 0 Å². The molecule has 1 aromatic carbocycles. The van der Waals surface area contributed by atoms with Crippen LogP contribution < -0.4 is 15.4 Å². The maximum Gasteiger partial charge on any atom is 0.258 e. The highest BCUT2D eigenvalue weighted by Crippen LogP contribution is 2.16. The van der Waals surface area contributed by atoms with Crippen LogP contribution in [0.1, 0.15) is 33.3 Å². The molecule has 0 fully saturated rings. The fourth-order valence-electron chi connectivity index (χ4n) is 2.45. The second-order valence-electron chi connectivity index (χ2n) is 7.36. The number of ether oxygens (including phenoxy) is 1. The average molecular weight is 429 g/mol. The topological polar surface area (TPSA) is 103 Å². The smallest absolute Gasteiger partial charge is 0.258 e. The van der Waals surface area contributed by atoms with Crippen LogP contribution in [0.15, 0.2) is 35.7 Å². The predicted octanol–water partition coefficient (Wildman–Crippen LogP) is 3.57. The molecule has 2 aromatic heterocycles. The molecule has 0 aliphatic rings. The Hall–Kier alpha value is -2.88. The van der Waals surface area contributed by atoms with Gasteiger partial charge in [0.2, 0.25) is 17.1 Å². The van der Waals surface area contributed by atoms with Crippen molar-refractivity contribution in [2.45, 2.75) is 51.9 Å². The largest absolute Gasteiger partial charge is 0.493 e. The molecule has 0 saturated heterocycles. The summed E-state index contributed by atoms with van der Waals surface area (Å²) < 4.78 is 7.30. The molecule has 0 spiro atoms. The van der Waals surface area contributed by atoms with Gasteiger partial charge in [0.1, 0.15) is 12.1 Å². The van der Waals surface area contributed by atoms with E-state index in [2.05, 4.69) is 42.6 Å². The van der Waals surface area contributed by atoms with Crippen LogP contribution in [0.2, 0.25) is 0 Å². The van der Waals surface area contributed by atoms with Gasteiger partial charge in [0.15, 0.2) is 0 Å². The second kappa shape index (κ2) is 10.2. The quantitative estimate of drug-likeness (QED) is 0.370. The highest BCUT2D eigenvalue weighted by molar-refractivity contribution is 7.99. The molecule has 0 bridgehead atoms. The first-order valence-electron chi connectivity index (χ1n) is 9.92. The van der Waals surface area contributed by atoms with Crippen molar-refractivity contribution >= 4 is 23.7 Å². The summed E-state index contributed by atoms with van der Waals surface area (Å²) in [6.45, 7) is 10.7. The Morgan fingerprint density at radius 3 is 2.20 bits per heavy atom. The molecule has 160 valence electrons. The number of nitrogens with zero attached hydrogens (tertiary/aromatic N) is 6. The lowest BCUT2D eigenvalue weighted by Gasteiger charge is -2.13. The molecule has 0 unspecified atom stereocenters. The summed E-state index contributed by atoms with van der Waals surface area (Å²) in [4.78, 5) is 17.7. The van der Waals surface area contributed by atoms with Crippen LogP contribution in [0.4, 0.5) is 11.9 Å². The van der Waals surface area contributed by atoms with E-state index in [0.29, 0.717) is 29.6 Å². The highest BCUT2D eigenvalue weighted by Gasteiger charge is 2.12. The van der Waals surface area contributed by atoms with Crippen molar-refractivity contribution in [3.8, 4) is 11.7 Å². The normalized spacial score (nSPS) is 11.2. The van der Waals surface area contributed by atoms with Crippen LogP contribution in [0, 0.1) is 6.92 Å². The van der Waals surface area contributed by atoms with E-state index in [1.807, 2.05) is 52.0 Å². The minimum absolute atomic E-state index is 0.197. The third kappa shape index (κ3) is 6.58. The lowest BCUT2D eigenvalue weighted by molar-refractivity contribution is 0.344. The van der Waals surface area contributed by atoms with Crippen LogP contribution in [0.25, 0.3) is 5.95 Å². The van der Waals surface area contributed by atoms with E-state index in [9.17, 15) is 0 Å². The van der Waals surface area contributed by atoms with Gasteiger partial charge in [0, 0.05) is 17.8 Å². The van der Waals surface area contributed by atoms with E-state index >= 15 is 0 Å². The van der Waals surface area contributed by atoms with Gasteiger partial charge in [-0.2, -0.15) is 19.6 Å². The summed E-state index contributed by atoms with van der Waals surface area (Å²) in [6, 6.07) is 8.40. The number of aryl methyl sites for hydroxylation is 1. The molecule has 0 amide bonds. The Labute approximate surface area is 181 Å². The van der Waals surface area contributed by atoms with E-state index in [-0.39, 0.29) is 12.1 Å². The van der Waals surface area contributed by atoms with Crippen molar-refractivity contribution in [2.75, 3.05) is 23.0 Å². The monoisotopic (exact) mass is 428 g/mol. The Balaban J connectivity index is 1.63. The minimum Gasteiger partial charge on any atom is -0.493 e. The molecular formula is C20H28N8OS. The van der Waals surface area contributed by atoms with E-state index in [0.717, 1.165) is 11.5 Å². The molecule has 3 rings (SSSR count). The predicted molar refractivity (Wildman–Crippen MR) is 120 cm³/mol. The SMILES string of the molecule is Cc1ccc(OCCSc2ncn(-c3nc(NC(C)C)nc(NC(C)C)n3)n2)cc1. The zero-order valence-electron chi connectivity index (χ0n) is 18.0. The standard InChI is InChI=1S/C20H28N8OS/c1-13(2)22-17-24-18(23-14(3)4)26-19(25-17)28-12-21-20(27-28)30-11-10-29-16-8-6-15(5)7-9-16/h6-9,12-14H,10-11H2,1-5H3,(H2,22,23,24,25,26). The van der Waals surface area contributed by atoms with Crippen molar-refractivity contribution in [1.82, 2.24) is 29.7 Å². The van der Waals surface area contributed by atoms with Crippen molar-refractivity contribution in [3.05, 3.63) is 36.2 Å². The van der Waals surface area contributed by atoms with E-state index in [4.69, 9.17) is 4.74 Å². The number of hydrogen-bond donors (Lipinski definition) is 2. The number of aromatic nitrogens is 6. The van der Waals surface area contributed by atoms with Gasteiger partial charge >= 0.3 is 0 Å². The van der Waals surface area contributed by atoms with Gasteiger partial charge in [0.05, 0.1) is 6.61 Å². The summed E-state index contributed by atoms with van der Waals surface area (Å²) in [7, 11) is 0. The zero-order valence-corrected chi connectivity index (χ0v) is 18.8. The first-order valence-corrected chi connectivity index (χ1v) is 10.9. The van der Waals surface area contributed by atoms with Gasteiger partial charge in [-0.05, 0) is 46.8 Å². The Kier molecular flexibility index (Phi) is 7.45. The van der Waals surface area contributed by atoms with Gasteiger partial charge in [-0.1, -0.05) is 29.5 Å². The first-order chi connectivity index (χ1) is 14.4. The Bertz CT molecular complexity index is 914. The molecule has 30 heavy (non-hydrogen) atoms. The number of benzene rings is 1. The number of thioether (sulfide) groups is 1. The third-order valence-electron chi connectivity index (χ3n) is 3.74. The zero-order chi connectivity index (χ0) is 21.5. The maximum absolute atomic E-state index is 5.75. The lowest BCUT2D eigenvalue weighted by Crippen LogP contribution is -2.19. The fraction of sp³-hybridized carbons (Fsp3) is 0.450. The average Bonchev–Trinajstić information content (AvgIpc) is 3.14. The number of hydrogen-bond acceptors (Lipinski definition) is 9. The summed E-state index contributed by atoms with van der Waals surface area (Å²) in [6.07, 6.45) is 1.61. The molecule has 0 radical (unpaired) electrons. The van der Waals surface area contributed by atoms with Crippen LogP contribution >= 0.6 is 11.8 Å². The summed E-state index contributed by atoms with van der Waals surface area (Å²) in [5.74, 6) is 2.99. The molecule has 0 saturated carbocycles. The van der Waals surface area contributed by atoms with Crippen molar-refractivity contribution in [2.24, 2.45) is 0 Å². The first kappa shape index (κ1) is 21.8. The van der Waals surface area contributed by atoms with Gasteiger partial charge < -0.3 is 15.4 Å². The maximum atomic E-state index is 5.75. The van der Waals surface area contributed by atoms with Crippen molar-refractivity contribution in [3.63, 3.8) is 0 Å². The molecule has 3 aromatic rings. The van der Waals surface area contributed by atoms with Gasteiger partial charge in [-0.15, -0.1) is 5.10 Å². The molecule has 0 aliphatic carbocycles. The molecule has 0 aliphatic heterocycles. The summed E-state index contributed by atoms with van der Waals surface area (Å²) in [5.41, 5.74) is 1.21. The lowest BCUT2D eigenvalue weighted by atomic mass is 10.2. The molecule has 10 heteroatoms. The number of rotatable bonds is 10. The van der Waals surface area contributed by atoms with Gasteiger partial charge in [-0.3, -0.25) is 0 Å². The molecular weight excluding hydrogens is 400 g/mol. The van der Waals surface area contributed by atoms with Crippen LogP contribution in [0.3, 0.4) is 0 Å². The Morgan fingerprint density at radius 2 is 1.60 bits per heavy atom. The molecule has 2 heterocycles. The molecule has 9 nitrogen and oxygen atoms in total. The summed E-state index contributed by atoms with van der Waals surface area (Å²) >= 11 is 1.52. The third-order valence-corrected chi connectivity index (χ3v) is 4.56. The highest BCUT2D eigenvalue weighted by atomic mass is 32.2. The Morgan fingerprint density at radius 1 is 0.967 bits per heavy atom. The van der Waals surface area contributed by atoms with E-state index in [1.165, 1.54) is 17.3 Å². The second-order valence-corrected chi connectivity index (χ2v) is 8.42. The summed E-state index contributed by atoms with van der Waals surface area (Å²) in [5, 5.41) is 11.5. The minimum atomic E-state index is 0.197. The number of nitrogens with one attached hydrogen (secondary N) is 2. The van der Waals surface area contributed by atoms with Crippen LogP contribution in [-0.2, 0) is 0 Å².